The third kappa shape index (κ3) is 8.66. The molecule has 6 aliphatic rings. The molecule has 6 aliphatic carbocycles. The molecule has 0 fully saturated rings. The van der Waals surface area contributed by atoms with Crippen molar-refractivity contribution in [2.45, 2.75) is 102 Å². The predicted molar refractivity (Wildman–Crippen MR) is 332 cm³/mol. The lowest BCUT2D eigenvalue weighted by atomic mass is 9.65. The number of furan rings is 2. The van der Waals surface area contributed by atoms with Gasteiger partial charge in [-0.1, -0.05) is 209 Å². The van der Waals surface area contributed by atoms with Crippen LogP contribution in [0.15, 0.2) is 250 Å². The zero-order valence-corrected chi connectivity index (χ0v) is 45.9. The van der Waals surface area contributed by atoms with E-state index in [2.05, 4.69) is 230 Å². The summed E-state index contributed by atoms with van der Waals surface area (Å²) >= 11 is 0. The molecule has 79 heavy (non-hydrogen) atoms. The average Bonchev–Trinajstić information content (AvgIpc) is 3.65. The second kappa shape index (κ2) is 21.4. The van der Waals surface area contributed by atoms with Crippen molar-refractivity contribution < 1.29 is 8.83 Å². The van der Waals surface area contributed by atoms with Gasteiger partial charge in [0.25, 0.3) is 0 Å². The molecular formula is C76H69NO2. The minimum atomic E-state index is -0.333. The first kappa shape index (κ1) is 50.1. The van der Waals surface area contributed by atoms with E-state index in [1.165, 1.54) is 66.9 Å². The highest BCUT2D eigenvalue weighted by molar-refractivity contribution is 6.09. The number of anilines is 1. The normalized spacial score (nSPS) is 21.4. The molecule has 6 aromatic carbocycles. The van der Waals surface area contributed by atoms with Crippen molar-refractivity contribution in [3.8, 4) is 22.3 Å². The summed E-state index contributed by atoms with van der Waals surface area (Å²) < 4.78 is 13.3. The highest BCUT2D eigenvalue weighted by atomic mass is 16.3. The molecule has 3 heteroatoms. The number of fused-ring (bicyclic) bond motifs is 6. The SMILES string of the molecule is C=c1c2c(o/c1=C/C=C\C)C(C1=CCC(N(C3=CC=CCC3c3cccc(-c4ccc5c(c4)C4=C(C=CCC4)C5(C4=CCCC=C4)c4ccccc4)c3)c3cccc(-c4cccc5c4oc4ccccc45)c3)C=C1)CCC2.CC. The van der Waals surface area contributed by atoms with Crippen molar-refractivity contribution in [1.82, 2.24) is 0 Å². The summed E-state index contributed by atoms with van der Waals surface area (Å²) in [5.41, 5.74) is 22.0. The van der Waals surface area contributed by atoms with Gasteiger partial charge < -0.3 is 13.7 Å². The van der Waals surface area contributed by atoms with Gasteiger partial charge in [-0.3, -0.25) is 0 Å². The minimum Gasteiger partial charge on any atom is -0.460 e. The summed E-state index contributed by atoms with van der Waals surface area (Å²) in [6.07, 6.45) is 41.9. The lowest BCUT2D eigenvalue weighted by Gasteiger charge is -2.40. The van der Waals surface area contributed by atoms with Crippen LogP contribution in [-0.2, 0) is 11.8 Å². The van der Waals surface area contributed by atoms with Crippen LogP contribution in [-0.4, -0.2) is 6.04 Å². The van der Waals surface area contributed by atoms with E-state index < -0.39 is 0 Å². The first-order valence-electron chi connectivity index (χ1n) is 29.1. The third-order valence-corrected chi connectivity index (χ3v) is 17.5. The lowest BCUT2D eigenvalue weighted by Crippen LogP contribution is -2.37. The molecule has 3 nitrogen and oxygen atoms in total. The van der Waals surface area contributed by atoms with Crippen LogP contribution in [0.3, 0.4) is 0 Å². The molecule has 0 saturated heterocycles. The molecule has 2 aromatic heterocycles. The van der Waals surface area contributed by atoms with Gasteiger partial charge in [0.1, 0.15) is 22.3 Å². The first-order chi connectivity index (χ1) is 39.1. The predicted octanol–water partition coefficient (Wildman–Crippen LogP) is 18.8. The van der Waals surface area contributed by atoms with Crippen LogP contribution < -0.4 is 15.5 Å². The van der Waals surface area contributed by atoms with Crippen molar-refractivity contribution in [2.75, 3.05) is 4.90 Å². The van der Waals surface area contributed by atoms with E-state index in [0.717, 1.165) is 113 Å². The number of para-hydroxylation sites is 2. The van der Waals surface area contributed by atoms with Crippen molar-refractivity contribution in [1.29, 1.82) is 0 Å². The van der Waals surface area contributed by atoms with E-state index in [-0.39, 0.29) is 23.3 Å². The van der Waals surface area contributed by atoms with Crippen LogP contribution >= 0.6 is 0 Å². The van der Waals surface area contributed by atoms with Gasteiger partial charge in [-0.15, -0.1) is 0 Å². The largest absolute Gasteiger partial charge is 0.460 e. The summed E-state index contributed by atoms with van der Waals surface area (Å²) in [5, 5.41) is 3.32. The smallest absolute Gasteiger partial charge is 0.143 e. The molecule has 0 bridgehead atoms. The molecule has 0 radical (unpaired) electrons. The van der Waals surface area contributed by atoms with Crippen molar-refractivity contribution in [3.63, 3.8) is 0 Å². The molecule has 0 aliphatic heterocycles. The van der Waals surface area contributed by atoms with Gasteiger partial charge in [0.05, 0.1) is 11.5 Å². The summed E-state index contributed by atoms with van der Waals surface area (Å²) in [6.45, 7) is 10.5. The number of hydrogen-bond acceptors (Lipinski definition) is 3. The Morgan fingerprint density at radius 1 is 0.671 bits per heavy atom. The van der Waals surface area contributed by atoms with Crippen molar-refractivity contribution in [3.05, 3.63) is 285 Å². The highest BCUT2D eigenvalue weighted by Crippen LogP contribution is 2.58. The lowest BCUT2D eigenvalue weighted by molar-refractivity contribution is 0.427. The summed E-state index contributed by atoms with van der Waals surface area (Å²) in [4.78, 5) is 2.64. The molecule has 0 N–H and O–H groups in total. The highest BCUT2D eigenvalue weighted by Gasteiger charge is 2.48. The molecule has 4 unspecified atom stereocenters. The number of rotatable bonds is 10. The maximum Gasteiger partial charge on any atom is 0.143 e. The van der Waals surface area contributed by atoms with E-state index in [1.807, 2.05) is 26.8 Å². The van der Waals surface area contributed by atoms with E-state index in [9.17, 15) is 0 Å². The third-order valence-electron chi connectivity index (χ3n) is 17.5. The molecule has 0 saturated carbocycles. The van der Waals surface area contributed by atoms with Crippen LogP contribution in [0.25, 0.3) is 62.4 Å². The zero-order valence-electron chi connectivity index (χ0n) is 45.9. The second-order valence-corrected chi connectivity index (χ2v) is 21.8. The Bertz CT molecular complexity index is 4080. The fraction of sp³-hybridized carbons (Fsp3) is 0.211. The van der Waals surface area contributed by atoms with Crippen LogP contribution in [0.1, 0.15) is 118 Å². The maximum absolute atomic E-state index is 6.66. The molecule has 14 rings (SSSR count). The molecule has 0 spiro atoms. The topological polar surface area (TPSA) is 29.5 Å². The second-order valence-electron chi connectivity index (χ2n) is 21.8. The minimum absolute atomic E-state index is 0.0730. The first-order valence-corrected chi connectivity index (χ1v) is 29.1. The number of nitrogens with zero attached hydrogens (tertiary/aromatic N) is 1. The van der Waals surface area contributed by atoms with Crippen molar-refractivity contribution >= 4 is 45.9 Å². The molecule has 4 atom stereocenters. The summed E-state index contributed by atoms with van der Waals surface area (Å²) in [6, 6.07) is 52.3. The Morgan fingerprint density at radius 2 is 1.49 bits per heavy atom. The van der Waals surface area contributed by atoms with Crippen LogP contribution in [0.5, 0.6) is 0 Å². The summed E-state index contributed by atoms with van der Waals surface area (Å²) in [5.74, 6) is 1.43. The molecule has 2 heterocycles. The van der Waals surface area contributed by atoms with Crippen LogP contribution in [0.2, 0.25) is 0 Å². The van der Waals surface area contributed by atoms with Gasteiger partial charge in [0.2, 0.25) is 0 Å². The fourth-order valence-corrected chi connectivity index (χ4v) is 14.0. The Hall–Kier alpha value is -8.40. The van der Waals surface area contributed by atoms with Crippen LogP contribution in [0, 0.1) is 0 Å². The Balaban J connectivity index is 0.00000293. The van der Waals surface area contributed by atoms with E-state index in [4.69, 9.17) is 8.83 Å². The van der Waals surface area contributed by atoms with Gasteiger partial charge in [0.15, 0.2) is 0 Å². The van der Waals surface area contributed by atoms with Crippen molar-refractivity contribution in [2.24, 2.45) is 0 Å². The zero-order chi connectivity index (χ0) is 53.5. The number of hydrogen-bond donors (Lipinski definition) is 0. The number of allylic oxidation sites excluding steroid dienone is 16. The van der Waals surface area contributed by atoms with E-state index in [0.29, 0.717) is 0 Å². The number of benzene rings is 6. The van der Waals surface area contributed by atoms with Gasteiger partial charge in [-0.05, 0) is 162 Å². The standard InChI is InChI=1S/C74H63NO2.C2H6/c1-3-4-38-70-49(2)59-32-19-33-61(72(59)76-70)50-40-43-57(44-41-50)75(58-28-18-23-54(47-58)62-34-20-35-65-64-31-13-16-39-71(64)77-73(62)65)69-37-15-12-29-60(69)53-22-17-21-51(46-53)52-42-45-68-66(48-52)63-30-11-14-36-67(63)74(68,55-24-7-5-8-25-55)56-26-9-6-10-27-56;1-2/h3-5,7-9,12-18,20-28,31,34-43,45-48,57,60-61H,2,6,10-11,19,29-30,32-33,44H2,1H3;1-2H3/b4-3-,70-38+;. The van der Waals surface area contributed by atoms with E-state index in [1.54, 1.807) is 0 Å². The maximum atomic E-state index is 6.66. The molecular weight excluding hydrogens is 959 g/mol. The quantitative estimate of drug-likeness (QED) is 0.137. The molecule has 8 aromatic rings. The Labute approximate surface area is 466 Å². The molecule has 390 valence electrons. The van der Waals surface area contributed by atoms with Gasteiger partial charge in [0, 0.05) is 50.3 Å². The average molecular weight is 1030 g/mol. The molecule has 0 amide bonds. The Kier molecular flexibility index (Phi) is 13.6. The monoisotopic (exact) mass is 1030 g/mol. The summed E-state index contributed by atoms with van der Waals surface area (Å²) in [7, 11) is 0. The van der Waals surface area contributed by atoms with Gasteiger partial charge in [-0.2, -0.15) is 0 Å². The fourth-order valence-electron chi connectivity index (χ4n) is 14.0. The van der Waals surface area contributed by atoms with Gasteiger partial charge >= 0.3 is 0 Å². The van der Waals surface area contributed by atoms with Crippen LogP contribution in [0.4, 0.5) is 5.69 Å². The van der Waals surface area contributed by atoms with Gasteiger partial charge in [-0.25, -0.2) is 0 Å². The Morgan fingerprint density at radius 3 is 2.35 bits per heavy atom. The van der Waals surface area contributed by atoms with E-state index >= 15 is 0 Å².